The van der Waals surface area contributed by atoms with Gasteiger partial charge < -0.3 is 20.6 Å². The van der Waals surface area contributed by atoms with E-state index < -0.39 is 43.5 Å². The lowest BCUT2D eigenvalue weighted by molar-refractivity contribution is -0.138. The van der Waals surface area contributed by atoms with Gasteiger partial charge in [-0.25, -0.2) is 56.2 Å². The first kappa shape index (κ1) is 51.4. The predicted molar refractivity (Wildman–Crippen MR) is 247 cm³/mol. The number of aromatic amines is 2. The lowest BCUT2D eigenvalue weighted by Gasteiger charge is -2.32. The van der Waals surface area contributed by atoms with Crippen molar-refractivity contribution in [3.8, 4) is 34.7 Å². The molecule has 0 saturated heterocycles. The average Bonchev–Trinajstić information content (AvgIpc) is 3.92. The Balaban J connectivity index is 0.000000206. The van der Waals surface area contributed by atoms with Gasteiger partial charge >= 0.3 is 12.4 Å². The van der Waals surface area contributed by atoms with E-state index >= 15 is 0 Å². The fourth-order valence-corrected chi connectivity index (χ4v) is 10.6. The van der Waals surface area contributed by atoms with Gasteiger partial charge in [-0.3, -0.25) is 0 Å². The molecule has 2 aliphatic rings. The second-order valence-corrected chi connectivity index (χ2v) is 21.2. The molecule has 8 rings (SSSR count). The standard InChI is InChI=1S/2C22H24F3N7O2S/c2*1-12(13-3-5-16(6-4-13)32-35(2,33)34)30-21-29-9-14(8-26)19(31-21)18-11-28-20-17(18)7-15(10-27-20)22(23,24)25/h2*7,9-13,16,32H,3-6H2,1-2H3,(H,27,28)(H,29,30,31)/t2*12-,13?,16?/m11/s1. The Hall–Kier alpha value is -6.48. The SMILES string of the molecule is C[C@@H](Nc1ncc(C#N)c(-c2c[nH]c3ncc(C(F)(F)F)cc23)n1)C1CCC(NS(C)(=O)=O)CC1.C[C@@H](Nc1ncc(C#N)c(-c2c[nH]c3ncc(C(F)(F)F)cc23)n1)C1CCC(NS(C)(=O)=O)CC1. The number of hydrogen-bond donors (Lipinski definition) is 6. The van der Waals surface area contributed by atoms with Gasteiger partial charge in [0.1, 0.15) is 23.4 Å². The molecular formula is C44H48F6N14O4S2. The maximum atomic E-state index is 13.2. The van der Waals surface area contributed by atoms with Crippen molar-refractivity contribution < 1.29 is 43.2 Å². The van der Waals surface area contributed by atoms with E-state index in [4.69, 9.17) is 0 Å². The first-order valence-corrected chi connectivity index (χ1v) is 25.8. The van der Waals surface area contributed by atoms with E-state index in [0.717, 1.165) is 62.7 Å². The number of sulfonamides is 2. The third-order valence-corrected chi connectivity index (χ3v) is 14.0. The van der Waals surface area contributed by atoms with Crippen LogP contribution in [0.2, 0.25) is 0 Å². The first-order valence-electron chi connectivity index (χ1n) is 22.0. The number of pyridine rings is 2. The lowest BCUT2D eigenvalue weighted by Crippen LogP contribution is -2.39. The number of nitrogens with zero attached hydrogens (tertiary/aromatic N) is 8. The van der Waals surface area contributed by atoms with Crippen molar-refractivity contribution in [2.45, 2.75) is 102 Å². The van der Waals surface area contributed by atoms with Gasteiger partial charge in [0.2, 0.25) is 31.9 Å². The summed E-state index contributed by atoms with van der Waals surface area (Å²) in [6.07, 6.45) is 6.40. The normalized spacial score (nSPS) is 19.9. The van der Waals surface area contributed by atoms with Gasteiger partial charge in [0, 0.05) is 70.9 Å². The van der Waals surface area contributed by atoms with Crippen molar-refractivity contribution in [1.82, 2.24) is 49.3 Å². The van der Waals surface area contributed by atoms with E-state index in [1.807, 2.05) is 26.0 Å². The van der Waals surface area contributed by atoms with Crippen LogP contribution in [0.25, 0.3) is 44.6 Å². The number of aromatic nitrogens is 8. The van der Waals surface area contributed by atoms with Crippen molar-refractivity contribution in [2.24, 2.45) is 11.8 Å². The molecule has 0 aliphatic heterocycles. The zero-order valence-corrected chi connectivity index (χ0v) is 39.7. The molecule has 6 aromatic rings. The molecule has 70 heavy (non-hydrogen) atoms. The van der Waals surface area contributed by atoms with Crippen LogP contribution < -0.4 is 20.1 Å². The Morgan fingerprint density at radius 2 is 0.957 bits per heavy atom. The molecule has 6 N–H and O–H groups in total. The highest BCUT2D eigenvalue weighted by molar-refractivity contribution is 7.89. The smallest absolute Gasteiger partial charge is 0.351 e. The van der Waals surface area contributed by atoms with Gasteiger partial charge in [-0.15, -0.1) is 0 Å². The Bertz CT molecular complexity index is 2960. The number of alkyl halides is 6. The Labute approximate surface area is 398 Å². The molecule has 0 amide bonds. The molecule has 2 saturated carbocycles. The molecule has 2 atom stereocenters. The van der Waals surface area contributed by atoms with E-state index in [2.05, 4.69) is 59.9 Å². The van der Waals surface area contributed by atoms with Crippen molar-refractivity contribution in [2.75, 3.05) is 23.1 Å². The molecule has 0 spiro atoms. The summed E-state index contributed by atoms with van der Waals surface area (Å²) in [5.74, 6) is 0.998. The molecule has 6 heterocycles. The predicted octanol–water partition coefficient (Wildman–Crippen LogP) is 7.64. The minimum atomic E-state index is -4.56. The molecule has 18 nitrogen and oxygen atoms in total. The number of halogens is 6. The second kappa shape index (κ2) is 20.5. The van der Waals surface area contributed by atoms with Gasteiger partial charge in [0.25, 0.3) is 0 Å². The molecule has 2 aliphatic carbocycles. The minimum absolute atomic E-state index is 0.0450. The van der Waals surface area contributed by atoms with Gasteiger partial charge in [-0.05, 0) is 89.2 Å². The average molecular weight is 1020 g/mol. The maximum absolute atomic E-state index is 13.2. The molecule has 6 aromatic heterocycles. The van der Waals surface area contributed by atoms with Crippen LogP contribution in [0.5, 0.6) is 0 Å². The number of anilines is 2. The summed E-state index contributed by atoms with van der Waals surface area (Å²) >= 11 is 0. The summed E-state index contributed by atoms with van der Waals surface area (Å²) in [6, 6.07) is 5.70. The first-order chi connectivity index (χ1) is 32.9. The topological polar surface area (TPSA) is 273 Å². The van der Waals surface area contributed by atoms with Gasteiger partial charge in [-0.1, -0.05) is 0 Å². The fourth-order valence-electron chi connectivity index (χ4n) is 8.91. The Morgan fingerprint density at radius 1 is 0.600 bits per heavy atom. The van der Waals surface area contributed by atoms with E-state index in [9.17, 15) is 53.7 Å². The van der Waals surface area contributed by atoms with Crippen LogP contribution >= 0.6 is 0 Å². The van der Waals surface area contributed by atoms with E-state index in [1.54, 1.807) is 0 Å². The van der Waals surface area contributed by atoms with E-state index in [-0.39, 0.29) is 92.5 Å². The number of nitrogens with one attached hydrogen (secondary N) is 6. The van der Waals surface area contributed by atoms with E-state index in [0.29, 0.717) is 36.8 Å². The highest BCUT2D eigenvalue weighted by atomic mass is 32.2. The van der Waals surface area contributed by atoms with Gasteiger partial charge in [-0.2, -0.15) is 36.9 Å². The highest BCUT2D eigenvalue weighted by Gasteiger charge is 2.34. The second-order valence-electron chi connectivity index (χ2n) is 17.6. The minimum Gasteiger partial charge on any atom is -0.351 e. The van der Waals surface area contributed by atoms with Crippen LogP contribution in [0, 0.1) is 34.5 Å². The van der Waals surface area contributed by atoms with Crippen LogP contribution in [0.3, 0.4) is 0 Å². The molecule has 26 heteroatoms. The zero-order valence-electron chi connectivity index (χ0n) is 38.0. The monoisotopic (exact) mass is 1010 g/mol. The van der Waals surface area contributed by atoms with Crippen LogP contribution in [0.4, 0.5) is 38.2 Å². The molecule has 0 aromatic carbocycles. The van der Waals surface area contributed by atoms with Crippen LogP contribution in [-0.4, -0.2) is 93.4 Å². The van der Waals surface area contributed by atoms with Crippen molar-refractivity contribution in [3.63, 3.8) is 0 Å². The molecular weight excluding hydrogens is 967 g/mol. The number of rotatable bonds is 12. The summed E-state index contributed by atoms with van der Waals surface area (Å²) in [5, 5.41) is 26.0. The van der Waals surface area contributed by atoms with Crippen molar-refractivity contribution in [3.05, 3.63) is 71.6 Å². The Morgan fingerprint density at radius 3 is 1.27 bits per heavy atom. The van der Waals surface area contributed by atoms with Crippen molar-refractivity contribution >= 4 is 54.0 Å². The largest absolute Gasteiger partial charge is 0.417 e. The number of fused-ring (bicyclic) bond motifs is 2. The van der Waals surface area contributed by atoms with Crippen molar-refractivity contribution in [1.29, 1.82) is 10.5 Å². The summed E-state index contributed by atoms with van der Waals surface area (Å²) in [6.45, 7) is 3.95. The summed E-state index contributed by atoms with van der Waals surface area (Å²) < 4.78 is 130. The van der Waals surface area contributed by atoms with Crippen LogP contribution in [0.15, 0.2) is 49.3 Å². The zero-order chi connectivity index (χ0) is 50.8. The molecule has 0 radical (unpaired) electrons. The highest BCUT2D eigenvalue weighted by Crippen LogP contribution is 2.37. The molecule has 0 bridgehead atoms. The molecule has 372 valence electrons. The summed E-state index contributed by atoms with van der Waals surface area (Å²) in [4.78, 5) is 30.7. The number of H-pyrrole nitrogens is 2. The fraction of sp³-hybridized carbons (Fsp3) is 0.455. The summed E-state index contributed by atoms with van der Waals surface area (Å²) in [7, 11) is -6.50. The quantitative estimate of drug-likeness (QED) is 0.0643. The third kappa shape index (κ3) is 12.6. The number of hydrogen-bond acceptors (Lipinski definition) is 14. The van der Waals surface area contributed by atoms with Gasteiger partial charge in [0.15, 0.2) is 0 Å². The van der Waals surface area contributed by atoms with E-state index in [1.165, 1.54) is 24.8 Å². The van der Waals surface area contributed by atoms with Crippen LogP contribution in [0.1, 0.15) is 87.5 Å². The van der Waals surface area contributed by atoms with Gasteiger partial charge in [0.05, 0.1) is 58.5 Å². The molecule has 2 fully saturated rings. The number of nitriles is 2. The third-order valence-electron chi connectivity index (χ3n) is 12.5. The lowest BCUT2D eigenvalue weighted by atomic mass is 9.82. The summed E-state index contributed by atoms with van der Waals surface area (Å²) in [5.41, 5.74) is -0.0198. The molecule has 0 unspecified atom stereocenters. The maximum Gasteiger partial charge on any atom is 0.417 e. The van der Waals surface area contributed by atoms with Crippen LogP contribution in [-0.2, 0) is 32.4 Å². The Kier molecular flexibility index (Phi) is 15.0.